The fourth-order valence-electron chi connectivity index (χ4n) is 0.225. The van der Waals surface area contributed by atoms with Gasteiger partial charge >= 0.3 is 0 Å². The minimum atomic E-state index is 0.445. The fourth-order valence-corrected chi connectivity index (χ4v) is 0.439. The zero-order chi connectivity index (χ0) is 6.41. The summed E-state index contributed by atoms with van der Waals surface area (Å²) in [6, 6.07) is 1.97. The molecule has 0 rings (SSSR count). The highest BCUT2D eigenvalue weighted by molar-refractivity contribution is 8.11. The maximum Gasteiger partial charge on any atom is 0.130 e. The Morgan fingerprint density at radius 3 is 2.88 bits per heavy atom. The molecule has 44 valence electrons. The number of nitriles is 1. The Bertz CT molecular complexity index is 116. The molecule has 0 atom stereocenters. The Morgan fingerprint density at radius 1 is 1.88 bits per heavy atom. The number of thiocarbonyl (C=S) groups is 1. The van der Waals surface area contributed by atoms with Gasteiger partial charge in [-0.3, -0.25) is 0 Å². The SMILES string of the molecule is N#CCCNC(=S)S. The monoisotopic (exact) mass is 146 g/mol. The smallest absolute Gasteiger partial charge is 0.130 e. The lowest BCUT2D eigenvalue weighted by Gasteiger charge is -1.94. The Labute approximate surface area is 59.3 Å². The van der Waals surface area contributed by atoms with Crippen LogP contribution in [0.1, 0.15) is 6.42 Å². The lowest BCUT2D eigenvalue weighted by molar-refractivity contribution is 0.917. The minimum absolute atomic E-state index is 0.445. The van der Waals surface area contributed by atoms with E-state index in [1.54, 1.807) is 0 Å². The van der Waals surface area contributed by atoms with Crippen LogP contribution >= 0.6 is 24.8 Å². The van der Waals surface area contributed by atoms with E-state index in [0.29, 0.717) is 17.3 Å². The lowest BCUT2D eigenvalue weighted by Crippen LogP contribution is -2.16. The van der Waals surface area contributed by atoms with E-state index in [2.05, 4.69) is 30.2 Å². The van der Waals surface area contributed by atoms with E-state index in [1.165, 1.54) is 0 Å². The van der Waals surface area contributed by atoms with Gasteiger partial charge in [0.15, 0.2) is 0 Å². The van der Waals surface area contributed by atoms with Crippen LogP contribution in [0, 0.1) is 11.3 Å². The summed E-state index contributed by atoms with van der Waals surface area (Å²) in [5, 5.41) is 10.7. The summed E-state index contributed by atoms with van der Waals surface area (Å²) < 4.78 is 0.445. The Morgan fingerprint density at radius 2 is 2.50 bits per heavy atom. The van der Waals surface area contributed by atoms with E-state index in [9.17, 15) is 0 Å². The number of nitrogens with one attached hydrogen (secondary N) is 1. The third-order valence-electron chi connectivity index (χ3n) is 0.513. The average molecular weight is 146 g/mol. The summed E-state index contributed by atoms with van der Waals surface area (Å²) in [5.74, 6) is 0. The second-order valence-electron chi connectivity index (χ2n) is 1.14. The molecule has 0 radical (unpaired) electrons. The van der Waals surface area contributed by atoms with Gasteiger partial charge < -0.3 is 5.32 Å². The number of nitrogens with zero attached hydrogens (tertiary/aromatic N) is 1. The molecule has 0 aromatic heterocycles. The highest BCUT2D eigenvalue weighted by atomic mass is 32.1. The molecule has 0 aromatic rings. The van der Waals surface area contributed by atoms with E-state index >= 15 is 0 Å². The van der Waals surface area contributed by atoms with Crippen molar-refractivity contribution in [1.29, 1.82) is 5.26 Å². The number of thiol groups is 1. The van der Waals surface area contributed by atoms with Crippen molar-refractivity contribution in [3.8, 4) is 6.07 Å². The quantitative estimate of drug-likeness (QED) is 0.342. The normalized spacial score (nSPS) is 7.50. The van der Waals surface area contributed by atoms with E-state index in [0.717, 1.165) is 0 Å². The topological polar surface area (TPSA) is 35.8 Å². The van der Waals surface area contributed by atoms with Gasteiger partial charge in [-0.15, -0.1) is 12.6 Å². The molecule has 0 aromatic carbocycles. The number of hydrogen-bond donors (Lipinski definition) is 2. The van der Waals surface area contributed by atoms with Crippen molar-refractivity contribution in [3.05, 3.63) is 0 Å². The van der Waals surface area contributed by atoms with Crippen LogP contribution in [0.4, 0.5) is 0 Å². The van der Waals surface area contributed by atoms with E-state index in [-0.39, 0.29) is 0 Å². The van der Waals surface area contributed by atoms with Crippen LogP contribution in [-0.2, 0) is 0 Å². The highest BCUT2D eigenvalue weighted by Crippen LogP contribution is 1.77. The first-order valence-corrected chi connectivity index (χ1v) is 2.96. The van der Waals surface area contributed by atoms with Crippen molar-refractivity contribution in [2.45, 2.75) is 6.42 Å². The molecule has 0 bridgehead atoms. The van der Waals surface area contributed by atoms with Gasteiger partial charge in [-0.05, 0) is 0 Å². The van der Waals surface area contributed by atoms with Crippen LogP contribution < -0.4 is 5.32 Å². The molecule has 1 N–H and O–H groups in total. The second-order valence-corrected chi connectivity index (χ2v) is 2.30. The van der Waals surface area contributed by atoms with Crippen molar-refractivity contribution in [1.82, 2.24) is 5.32 Å². The molecular weight excluding hydrogens is 140 g/mol. The van der Waals surface area contributed by atoms with Crippen molar-refractivity contribution in [3.63, 3.8) is 0 Å². The van der Waals surface area contributed by atoms with Gasteiger partial charge in [0.2, 0.25) is 0 Å². The number of hydrogen-bond acceptors (Lipinski definition) is 2. The molecular formula is C4H6N2S2. The molecule has 4 heteroatoms. The van der Waals surface area contributed by atoms with E-state index < -0.39 is 0 Å². The van der Waals surface area contributed by atoms with E-state index in [1.807, 2.05) is 6.07 Å². The first-order valence-electron chi connectivity index (χ1n) is 2.11. The minimum Gasteiger partial charge on any atom is -0.370 e. The molecule has 0 aliphatic rings. The predicted molar refractivity (Wildman–Crippen MR) is 39.8 cm³/mol. The van der Waals surface area contributed by atoms with Crippen LogP contribution in [0.15, 0.2) is 0 Å². The van der Waals surface area contributed by atoms with Crippen LogP contribution in [0.3, 0.4) is 0 Å². The van der Waals surface area contributed by atoms with Gasteiger partial charge in [-0.2, -0.15) is 5.26 Å². The first-order chi connectivity index (χ1) is 3.77. The molecule has 0 aliphatic carbocycles. The molecule has 0 unspecified atom stereocenters. The lowest BCUT2D eigenvalue weighted by atomic mass is 10.5. The third-order valence-corrected chi connectivity index (χ3v) is 0.815. The predicted octanol–water partition coefficient (Wildman–Crippen LogP) is 0.704. The van der Waals surface area contributed by atoms with Crippen LogP contribution in [0.5, 0.6) is 0 Å². The molecule has 0 saturated heterocycles. The zero-order valence-electron chi connectivity index (χ0n) is 4.22. The largest absolute Gasteiger partial charge is 0.370 e. The van der Waals surface area contributed by atoms with Gasteiger partial charge in [0.25, 0.3) is 0 Å². The zero-order valence-corrected chi connectivity index (χ0v) is 5.93. The summed E-state index contributed by atoms with van der Waals surface area (Å²) in [4.78, 5) is 0. The maximum atomic E-state index is 8.02. The molecule has 0 amide bonds. The van der Waals surface area contributed by atoms with Gasteiger partial charge in [0, 0.05) is 6.54 Å². The Hall–Kier alpha value is -0.270. The third kappa shape index (κ3) is 5.73. The summed E-state index contributed by atoms with van der Waals surface area (Å²) >= 11 is 8.33. The average Bonchev–Trinajstić information content (AvgIpc) is 1.66. The fraction of sp³-hybridized carbons (Fsp3) is 0.500. The molecule has 0 spiro atoms. The summed E-state index contributed by atoms with van der Waals surface area (Å²) in [6.07, 6.45) is 0.473. The molecule has 0 saturated carbocycles. The van der Waals surface area contributed by atoms with Gasteiger partial charge in [0.05, 0.1) is 12.5 Å². The van der Waals surface area contributed by atoms with Crippen molar-refractivity contribution in [2.24, 2.45) is 0 Å². The standard InChI is InChI=1S/C4H6N2S2/c5-2-1-3-6-4(7)8/h1,3H2,(H2,6,7,8). The molecule has 0 fully saturated rings. The van der Waals surface area contributed by atoms with Gasteiger partial charge in [-0.1, -0.05) is 12.2 Å². The molecule has 8 heavy (non-hydrogen) atoms. The van der Waals surface area contributed by atoms with Crippen LogP contribution in [0.25, 0.3) is 0 Å². The summed E-state index contributed by atoms with van der Waals surface area (Å²) in [5.41, 5.74) is 0. The first kappa shape index (κ1) is 7.73. The second kappa shape index (κ2) is 4.88. The molecule has 0 heterocycles. The Kier molecular flexibility index (Phi) is 4.71. The summed E-state index contributed by atoms with van der Waals surface area (Å²) in [6.45, 7) is 0.596. The molecule has 2 nitrogen and oxygen atoms in total. The molecule has 0 aliphatic heterocycles. The number of rotatable bonds is 2. The maximum absolute atomic E-state index is 8.02. The van der Waals surface area contributed by atoms with E-state index in [4.69, 9.17) is 5.26 Å². The van der Waals surface area contributed by atoms with Crippen molar-refractivity contribution in [2.75, 3.05) is 6.54 Å². The van der Waals surface area contributed by atoms with Crippen molar-refractivity contribution >= 4 is 29.2 Å². The van der Waals surface area contributed by atoms with Crippen LogP contribution in [0.2, 0.25) is 0 Å². The Balaban J connectivity index is 2.97. The van der Waals surface area contributed by atoms with Gasteiger partial charge in [-0.25, -0.2) is 0 Å². The summed E-state index contributed by atoms with van der Waals surface area (Å²) in [7, 11) is 0. The van der Waals surface area contributed by atoms with Gasteiger partial charge in [0.1, 0.15) is 4.32 Å². The highest BCUT2D eigenvalue weighted by Gasteiger charge is 1.83. The van der Waals surface area contributed by atoms with Crippen molar-refractivity contribution < 1.29 is 0 Å². The van der Waals surface area contributed by atoms with Crippen LogP contribution in [-0.4, -0.2) is 10.9 Å².